The van der Waals surface area contributed by atoms with Gasteiger partial charge in [-0.15, -0.1) is 0 Å². The fraction of sp³-hybridized carbons (Fsp3) is 0.250. The van der Waals surface area contributed by atoms with E-state index in [2.05, 4.69) is 29.8 Å². The van der Waals surface area contributed by atoms with Crippen LogP contribution in [0.15, 0.2) is 48.5 Å². The fourth-order valence-corrected chi connectivity index (χ4v) is 2.57. The van der Waals surface area contributed by atoms with Gasteiger partial charge in [0, 0.05) is 23.4 Å². The topological polar surface area (TPSA) is 70.2 Å². The summed E-state index contributed by atoms with van der Waals surface area (Å²) in [5.74, 6) is -0.0268. The van der Waals surface area contributed by atoms with Crippen molar-refractivity contribution in [3.8, 4) is 0 Å². The Balaban J connectivity index is 1.98. The molecule has 3 N–H and O–H groups in total. The van der Waals surface area contributed by atoms with Crippen LogP contribution in [0.2, 0.25) is 0 Å². The third-order valence-electron chi connectivity index (χ3n) is 3.79. The van der Waals surface area contributed by atoms with Gasteiger partial charge in [0.2, 0.25) is 0 Å². The van der Waals surface area contributed by atoms with Crippen LogP contribution in [0.4, 0.5) is 5.69 Å². The Morgan fingerprint density at radius 2 is 1.69 bits per heavy atom. The zero-order chi connectivity index (χ0) is 19.1. The summed E-state index contributed by atoms with van der Waals surface area (Å²) in [5.41, 5.74) is 2.86. The van der Waals surface area contributed by atoms with Crippen LogP contribution in [0.1, 0.15) is 53.0 Å². The van der Waals surface area contributed by atoms with Gasteiger partial charge in [-0.1, -0.05) is 32.0 Å². The molecule has 0 heterocycles. The van der Waals surface area contributed by atoms with E-state index in [0.29, 0.717) is 29.3 Å². The SMILES string of the molecule is CCNC(=O)c1cccc(NC(=S)NC(=O)c2ccc(C(C)C)cc2)c1. The second-order valence-corrected chi connectivity index (χ2v) is 6.53. The Morgan fingerprint density at radius 1 is 1.00 bits per heavy atom. The standard InChI is InChI=1S/C20H23N3O2S/c1-4-21-18(24)16-6-5-7-17(12-16)22-20(26)23-19(25)15-10-8-14(9-11-15)13(2)3/h5-13H,4H2,1-3H3,(H,21,24)(H2,22,23,25,26). The first kappa shape index (κ1) is 19.6. The molecular weight excluding hydrogens is 346 g/mol. The molecule has 0 aromatic heterocycles. The van der Waals surface area contributed by atoms with Gasteiger partial charge in [-0.2, -0.15) is 0 Å². The number of hydrogen-bond acceptors (Lipinski definition) is 3. The third kappa shape index (κ3) is 5.39. The first-order chi connectivity index (χ1) is 12.4. The molecule has 0 aliphatic heterocycles. The zero-order valence-corrected chi connectivity index (χ0v) is 15.9. The first-order valence-corrected chi connectivity index (χ1v) is 8.92. The molecule has 0 spiro atoms. The molecule has 2 aromatic carbocycles. The number of thiocarbonyl (C=S) groups is 1. The van der Waals surface area contributed by atoms with E-state index < -0.39 is 0 Å². The molecule has 0 fully saturated rings. The number of carbonyl (C=O) groups excluding carboxylic acids is 2. The molecule has 0 radical (unpaired) electrons. The van der Waals surface area contributed by atoms with Crippen molar-refractivity contribution >= 4 is 34.8 Å². The van der Waals surface area contributed by atoms with Crippen LogP contribution in [0.5, 0.6) is 0 Å². The lowest BCUT2D eigenvalue weighted by Gasteiger charge is -2.11. The van der Waals surface area contributed by atoms with Gasteiger partial charge in [0.15, 0.2) is 5.11 Å². The molecular formula is C20H23N3O2S. The Kier molecular flexibility index (Phi) is 6.86. The summed E-state index contributed by atoms with van der Waals surface area (Å²) in [5, 5.41) is 8.49. The van der Waals surface area contributed by atoms with Crippen molar-refractivity contribution in [2.45, 2.75) is 26.7 Å². The van der Waals surface area contributed by atoms with E-state index in [4.69, 9.17) is 12.2 Å². The average Bonchev–Trinajstić information content (AvgIpc) is 2.62. The predicted molar refractivity (Wildman–Crippen MR) is 109 cm³/mol. The molecule has 0 atom stereocenters. The van der Waals surface area contributed by atoms with Crippen molar-refractivity contribution in [3.05, 3.63) is 65.2 Å². The van der Waals surface area contributed by atoms with Crippen LogP contribution < -0.4 is 16.0 Å². The minimum absolute atomic E-state index is 0.156. The van der Waals surface area contributed by atoms with Gasteiger partial charge in [0.05, 0.1) is 0 Å². The number of carbonyl (C=O) groups is 2. The van der Waals surface area contributed by atoms with Gasteiger partial charge in [-0.25, -0.2) is 0 Å². The van der Waals surface area contributed by atoms with Gasteiger partial charge in [0.25, 0.3) is 11.8 Å². The van der Waals surface area contributed by atoms with E-state index in [1.807, 2.05) is 19.1 Å². The molecule has 0 aliphatic carbocycles. The number of rotatable bonds is 5. The summed E-state index contributed by atoms with van der Waals surface area (Å²) in [6.45, 7) is 6.62. The molecule has 2 amide bonds. The van der Waals surface area contributed by atoms with E-state index in [-0.39, 0.29) is 16.9 Å². The molecule has 0 bridgehead atoms. The van der Waals surface area contributed by atoms with Crippen LogP contribution in [0.25, 0.3) is 0 Å². The maximum Gasteiger partial charge on any atom is 0.257 e. The highest BCUT2D eigenvalue weighted by atomic mass is 32.1. The lowest BCUT2D eigenvalue weighted by molar-refractivity contribution is 0.0953. The van der Waals surface area contributed by atoms with E-state index in [1.165, 1.54) is 5.56 Å². The van der Waals surface area contributed by atoms with E-state index in [9.17, 15) is 9.59 Å². The van der Waals surface area contributed by atoms with Crippen LogP contribution >= 0.6 is 12.2 Å². The molecule has 0 aliphatic rings. The first-order valence-electron chi connectivity index (χ1n) is 8.51. The number of benzene rings is 2. The summed E-state index contributed by atoms with van der Waals surface area (Å²) in [7, 11) is 0. The maximum atomic E-state index is 12.3. The smallest absolute Gasteiger partial charge is 0.257 e. The molecule has 0 saturated heterocycles. The van der Waals surface area contributed by atoms with Crippen LogP contribution in [-0.4, -0.2) is 23.5 Å². The van der Waals surface area contributed by atoms with E-state index in [1.54, 1.807) is 36.4 Å². The molecule has 0 unspecified atom stereocenters. The average molecular weight is 369 g/mol. The maximum absolute atomic E-state index is 12.3. The van der Waals surface area contributed by atoms with E-state index in [0.717, 1.165) is 0 Å². The molecule has 2 rings (SSSR count). The van der Waals surface area contributed by atoms with Crippen molar-refractivity contribution in [3.63, 3.8) is 0 Å². The van der Waals surface area contributed by atoms with Crippen LogP contribution in [0.3, 0.4) is 0 Å². The minimum atomic E-state index is -0.280. The normalized spacial score (nSPS) is 10.3. The fourth-order valence-electron chi connectivity index (χ4n) is 2.36. The molecule has 0 saturated carbocycles. The largest absolute Gasteiger partial charge is 0.352 e. The monoisotopic (exact) mass is 369 g/mol. The van der Waals surface area contributed by atoms with Crippen molar-refractivity contribution < 1.29 is 9.59 Å². The minimum Gasteiger partial charge on any atom is -0.352 e. The highest BCUT2D eigenvalue weighted by molar-refractivity contribution is 7.80. The summed E-state index contributed by atoms with van der Waals surface area (Å²) in [6.07, 6.45) is 0. The molecule has 6 heteroatoms. The summed E-state index contributed by atoms with van der Waals surface area (Å²) < 4.78 is 0. The van der Waals surface area contributed by atoms with Crippen LogP contribution in [-0.2, 0) is 0 Å². The van der Waals surface area contributed by atoms with Crippen molar-refractivity contribution in [1.82, 2.24) is 10.6 Å². The van der Waals surface area contributed by atoms with Gasteiger partial charge in [-0.05, 0) is 61.0 Å². The Labute approximate surface area is 159 Å². The van der Waals surface area contributed by atoms with Crippen LogP contribution in [0, 0.1) is 0 Å². The summed E-state index contributed by atoms with van der Waals surface area (Å²) >= 11 is 5.20. The second-order valence-electron chi connectivity index (χ2n) is 6.13. The van der Waals surface area contributed by atoms with Crippen molar-refractivity contribution in [1.29, 1.82) is 0 Å². The summed E-state index contributed by atoms with van der Waals surface area (Å²) in [4.78, 5) is 24.2. The number of anilines is 1. The Bertz CT molecular complexity index is 801. The van der Waals surface area contributed by atoms with Crippen molar-refractivity contribution in [2.75, 3.05) is 11.9 Å². The van der Waals surface area contributed by atoms with Gasteiger partial charge >= 0.3 is 0 Å². The molecule has 26 heavy (non-hydrogen) atoms. The Hall–Kier alpha value is -2.73. The number of amides is 2. The highest BCUT2D eigenvalue weighted by Gasteiger charge is 2.10. The van der Waals surface area contributed by atoms with E-state index >= 15 is 0 Å². The number of nitrogens with one attached hydrogen (secondary N) is 3. The van der Waals surface area contributed by atoms with Crippen molar-refractivity contribution in [2.24, 2.45) is 0 Å². The second kappa shape index (κ2) is 9.10. The third-order valence-corrected chi connectivity index (χ3v) is 3.99. The number of hydrogen-bond donors (Lipinski definition) is 3. The molecule has 2 aromatic rings. The highest BCUT2D eigenvalue weighted by Crippen LogP contribution is 2.15. The Morgan fingerprint density at radius 3 is 2.31 bits per heavy atom. The quantitative estimate of drug-likeness (QED) is 0.703. The molecule has 136 valence electrons. The predicted octanol–water partition coefficient (Wildman–Crippen LogP) is 3.69. The lowest BCUT2D eigenvalue weighted by Crippen LogP contribution is -2.34. The molecule has 5 nitrogen and oxygen atoms in total. The lowest BCUT2D eigenvalue weighted by atomic mass is 10.0. The zero-order valence-electron chi connectivity index (χ0n) is 15.1. The van der Waals surface area contributed by atoms with Gasteiger partial charge in [0.1, 0.15) is 0 Å². The summed E-state index contributed by atoms with van der Waals surface area (Å²) in [6, 6.07) is 14.4. The van der Waals surface area contributed by atoms with Gasteiger partial charge < -0.3 is 10.6 Å². The van der Waals surface area contributed by atoms with Gasteiger partial charge in [-0.3, -0.25) is 14.9 Å².